The van der Waals surface area contributed by atoms with Crippen LogP contribution in [0.5, 0.6) is 0 Å². The molecule has 0 aromatic heterocycles. The summed E-state index contributed by atoms with van der Waals surface area (Å²) in [6, 6.07) is 0. The molecule has 1 fully saturated rings. The first-order valence-corrected chi connectivity index (χ1v) is 4.71. The molecule has 0 saturated carbocycles. The molecule has 0 N–H and O–H groups in total. The Labute approximate surface area is 84.0 Å². The number of hydrogen-bond acceptors (Lipinski definition) is 3. The molecule has 0 radical (unpaired) electrons. The fraction of sp³-hybridized carbons (Fsp3) is 0.636. The fourth-order valence-electron chi connectivity index (χ4n) is 1.84. The first kappa shape index (κ1) is 9.72. The highest BCUT2D eigenvalue weighted by molar-refractivity contribution is 5.14. The van der Waals surface area contributed by atoms with Crippen molar-refractivity contribution in [1.29, 1.82) is 0 Å². The molecule has 3 nitrogen and oxygen atoms in total. The van der Waals surface area contributed by atoms with E-state index in [1.165, 1.54) is 0 Å². The molecule has 1 aliphatic heterocycles. The maximum atomic E-state index is 5.70. The van der Waals surface area contributed by atoms with E-state index in [0.717, 1.165) is 0 Å². The molecule has 1 saturated heterocycles. The summed E-state index contributed by atoms with van der Waals surface area (Å²) in [6.45, 7) is 4.11. The van der Waals surface area contributed by atoms with Gasteiger partial charge in [0.2, 0.25) is 0 Å². The third-order valence-electron chi connectivity index (χ3n) is 2.34. The van der Waals surface area contributed by atoms with Crippen LogP contribution in [0, 0.1) is 12.3 Å². The van der Waals surface area contributed by atoms with Crippen molar-refractivity contribution in [3.63, 3.8) is 0 Å². The lowest BCUT2D eigenvalue weighted by Gasteiger charge is -2.20. The number of rotatable bonds is 2. The summed E-state index contributed by atoms with van der Waals surface area (Å²) in [6.07, 6.45) is 8.94. The van der Waals surface area contributed by atoms with E-state index in [1.807, 2.05) is 26.0 Å². The SMILES string of the molecule is C#CCO[C@@H]1C=C[C@H]2OC(C)(C)O[C@@H]12. The fourth-order valence-corrected chi connectivity index (χ4v) is 1.84. The van der Waals surface area contributed by atoms with Crippen molar-refractivity contribution < 1.29 is 14.2 Å². The van der Waals surface area contributed by atoms with Gasteiger partial charge >= 0.3 is 0 Å². The highest BCUT2D eigenvalue weighted by Crippen LogP contribution is 2.35. The Morgan fingerprint density at radius 1 is 1.43 bits per heavy atom. The van der Waals surface area contributed by atoms with Crippen LogP contribution in [0.1, 0.15) is 13.8 Å². The van der Waals surface area contributed by atoms with Gasteiger partial charge in [0.15, 0.2) is 5.79 Å². The van der Waals surface area contributed by atoms with Crippen LogP contribution in [-0.4, -0.2) is 30.7 Å². The zero-order valence-corrected chi connectivity index (χ0v) is 8.40. The molecule has 0 aromatic carbocycles. The van der Waals surface area contributed by atoms with Crippen LogP contribution in [0.4, 0.5) is 0 Å². The van der Waals surface area contributed by atoms with Crippen molar-refractivity contribution in [2.24, 2.45) is 0 Å². The highest BCUT2D eigenvalue weighted by atomic mass is 16.8. The van der Waals surface area contributed by atoms with Gasteiger partial charge in [-0.2, -0.15) is 0 Å². The predicted octanol–water partition coefficient (Wildman–Crippen LogP) is 1.09. The highest BCUT2D eigenvalue weighted by Gasteiger charge is 2.46. The second kappa shape index (κ2) is 3.39. The number of hydrogen-bond donors (Lipinski definition) is 0. The molecule has 3 heteroatoms. The van der Waals surface area contributed by atoms with Crippen LogP contribution < -0.4 is 0 Å². The molecule has 1 aliphatic carbocycles. The van der Waals surface area contributed by atoms with Gasteiger partial charge in [-0.15, -0.1) is 6.42 Å². The summed E-state index contributed by atoms with van der Waals surface area (Å²) >= 11 is 0. The van der Waals surface area contributed by atoms with Crippen molar-refractivity contribution in [3.8, 4) is 12.3 Å². The minimum Gasteiger partial charge on any atom is -0.359 e. The van der Waals surface area contributed by atoms with E-state index >= 15 is 0 Å². The Hall–Kier alpha value is -0.820. The molecular weight excluding hydrogens is 180 g/mol. The average molecular weight is 194 g/mol. The van der Waals surface area contributed by atoms with Crippen molar-refractivity contribution in [2.75, 3.05) is 6.61 Å². The minimum atomic E-state index is -0.516. The summed E-state index contributed by atoms with van der Waals surface area (Å²) in [5.74, 6) is 1.93. The van der Waals surface area contributed by atoms with E-state index in [-0.39, 0.29) is 18.3 Å². The molecule has 14 heavy (non-hydrogen) atoms. The first-order valence-electron chi connectivity index (χ1n) is 4.71. The Kier molecular flexibility index (Phi) is 2.36. The molecule has 2 aliphatic rings. The Bertz CT molecular complexity index is 287. The van der Waals surface area contributed by atoms with E-state index in [4.69, 9.17) is 20.6 Å². The standard InChI is InChI=1S/C11H14O3/c1-4-7-12-8-5-6-9-10(8)14-11(2,3)13-9/h1,5-6,8-10H,7H2,2-3H3/t8-,9-,10+/m1/s1. The maximum absolute atomic E-state index is 5.70. The van der Waals surface area contributed by atoms with E-state index in [1.54, 1.807) is 0 Å². The van der Waals surface area contributed by atoms with E-state index in [9.17, 15) is 0 Å². The molecule has 3 atom stereocenters. The second-order valence-electron chi connectivity index (χ2n) is 3.93. The van der Waals surface area contributed by atoms with Gasteiger partial charge in [0.25, 0.3) is 0 Å². The third-order valence-corrected chi connectivity index (χ3v) is 2.34. The predicted molar refractivity (Wildman–Crippen MR) is 51.5 cm³/mol. The van der Waals surface area contributed by atoms with Gasteiger partial charge in [0.1, 0.15) is 24.9 Å². The maximum Gasteiger partial charge on any atom is 0.164 e. The zero-order valence-electron chi connectivity index (χ0n) is 8.40. The van der Waals surface area contributed by atoms with Gasteiger partial charge in [-0.25, -0.2) is 0 Å². The lowest BCUT2D eigenvalue weighted by atomic mass is 10.2. The number of terminal acetylenes is 1. The Morgan fingerprint density at radius 2 is 2.21 bits per heavy atom. The van der Waals surface area contributed by atoms with Crippen LogP contribution in [0.15, 0.2) is 12.2 Å². The lowest BCUT2D eigenvalue weighted by Crippen LogP contribution is -2.31. The average Bonchev–Trinajstić information content (AvgIpc) is 2.57. The quantitative estimate of drug-likeness (QED) is 0.486. The normalized spacial score (nSPS) is 38.2. The Balaban J connectivity index is 1.99. The van der Waals surface area contributed by atoms with Crippen molar-refractivity contribution in [3.05, 3.63) is 12.2 Å². The number of fused-ring (bicyclic) bond motifs is 1. The van der Waals surface area contributed by atoms with E-state index in [2.05, 4.69) is 5.92 Å². The van der Waals surface area contributed by atoms with Gasteiger partial charge < -0.3 is 14.2 Å². The zero-order chi connectivity index (χ0) is 10.2. The van der Waals surface area contributed by atoms with E-state index < -0.39 is 5.79 Å². The minimum absolute atomic E-state index is 0.00720. The second-order valence-corrected chi connectivity index (χ2v) is 3.93. The van der Waals surface area contributed by atoms with Crippen LogP contribution in [0.25, 0.3) is 0 Å². The molecule has 0 unspecified atom stereocenters. The molecule has 1 heterocycles. The molecule has 0 spiro atoms. The van der Waals surface area contributed by atoms with Gasteiger partial charge in [-0.05, 0) is 13.8 Å². The summed E-state index contributed by atoms with van der Waals surface area (Å²) in [7, 11) is 0. The summed E-state index contributed by atoms with van der Waals surface area (Å²) in [4.78, 5) is 0. The van der Waals surface area contributed by atoms with Crippen molar-refractivity contribution in [1.82, 2.24) is 0 Å². The van der Waals surface area contributed by atoms with Gasteiger partial charge in [-0.1, -0.05) is 18.1 Å². The van der Waals surface area contributed by atoms with Crippen molar-refractivity contribution >= 4 is 0 Å². The molecule has 0 aromatic rings. The largest absolute Gasteiger partial charge is 0.359 e. The molecule has 0 bridgehead atoms. The first-order chi connectivity index (χ1) is 6.62. The monoisotopic (exact) mass is 194 g/mol. The number of ether oxygens (including phenoxy) is 3. The lowest BCUT2D eigenvalue weighted by molar-refractivity contribution is -0.154. The molecule has 2 rings (SSSR count). The van der Waals surface area contributed by atoms with Crippen LogP contribution in [0.3, 0.4) is 0 Å². The van der Waals surface area contributed by atoms with Crippen LogP contribution >= 0.6 is 0 Å². The molecular formula is C11H14O3. The van der Waals surface area contributed by atoms with E-state index in [0.29, 0.717) is 6.61 Å². The molecule has 76 valence electrons. The molecule has 0 amide bonds. The summed E-state index contributed by atoms with van der Waals surface area (Å²) < 4.78 is 16.8. The van der Waals surface area contributed by atoms with Gasteiger partial charge in [0.05, 0.1) is 0 Å². The summed E-state index contributed by atoms with van der Waals surface area (Å²) in [5, 5.41) is 0. The van der Waals surface area contributed by atoms with Crippen molar-refractivity contribution in [2.45, 2.75) is 37.9 Å². The summed E-state index contributed by atoms with van der Waals surface area (Å²) in [5.41, 5.74) is 0. The topological polar surface area (TPSA) is 27.7 Å². The Morgan fingerprint density at radius 3 is 2.93 bits per heavy atom. The van der Waals surface area contributed by atoms with Crippen LogP contribution in [-0.2, 0) is 14.2 Å². The van der Waals surface area contributed by atoms with Gasteiger partial charge in [-0.3, -0.25) is 0 Å². The smallest absolute Gasteiger partial charge is 0.164 e. The van der Waals surface area contributed by atoms with Crippen LogP contribution in [0.2, 0.25) is 0 Å². The van der Waals surface area contributed by atoms with Gasteiger partial charge in [0, 0.05) is 0 Å². The third kappa shape index (κ3) is 1.69.